The van der Waals surface area contributed by atoms with Gasteiger partial charge in [-0.15, -0.1) is 11.8 Å². The van der Waals surface area contributed by atoms with Gasteiger partial charge in [-0.1, -0.05) is 30.8 Å². The molecule has 222 valence electrons. The molecule has 2 N–H and O–H groups in total. The largest absolute Gasteiger partial charge is 0.348 e. The maximum absolute atomic E-state index is 12.6. The Hall–Kier alpha value is -1.93. The number of hydrogen-bond acceptors (Lipinski definition) is 8. The minimum atomic E-state index is -0.217. The van der Waals surface area contributed by atoms with Crippen molar-refractivity contribution in [2.75, 3.05) is 39.8 Å². The molecule has 1 amide bonds. The van der Waals surface area contributed by atoms with E-state index in [0.717, 1.165) is 32.4 Å². The summed E-state index contributed by atoms with van der Waals surface area (Å²) in [5, 5.41) is 17.8. The summed E-state index contributed by atoms with van der Waals surface area (Å²) in [6, 6.07) is 12.0. The molecule has 9 heteroatoms. The van der Waals surface area contributed by atoms with E-state index in [-0.39, 0.29) is 29.2 Å². The third kappa shape index (κ3) is 5.97. The van der Waals surface area contributed by atoms with Crippen LogP contribution in [0.5, 0.6) is 0 Å². The Morgan fingerprint density at radius 2 is 2.10 bits per heavy atom. The molecule has 0 aromatic heterocycles. The maximum Gasteiger partial charge on any atom is 0.246 e. The number of thioether (sulfide) groups is 1. The molecule has 3 saturated heterocycles. The molecular weight excluding hydrogens is 532 g/mol. The van der Waals surface area contributed by atoms with E-state index in [1.807, 2.05) is 4.90 Å². The van der Waals surface area contributed by atoms with Gasteiger partial charge in [0.1, 0.15) is 0 Å². The van der Waals surface area contributed by atoms with Crippen LogP contribution in [0.2, 0.25) is 0 Å². The highest BCUT2D eigenvalue weighted by Crippen LogP contribution is 2.55. The monoisotopic (exact) mass is 578 g/mol. The molecule has 1 saturated carbocycles. The van der Waals surface area contributed by atoms with Gasteiger partial charge in [-0.05, 0) is 76.2 Å². The summed E-state index contributed by atoms with van der Waals surface area (Å²) in [5.41, 5.74) is 3.01. The second-order valence-electron chi connectivity index (χ2n) is 12.8. The van der Waals surface area contributed by atoms with Gasteiger partial charge < -0.3 is 14.5 Å². The molecule has 41 heavy (non-hydrogen) atoms. The zero-order valence-electron chi connectivity index (χ0n) is 24.6. The minimum absolute atomic E-state index is 0.0775. The van der Waals surface area contributed by atoms with Crippen LogP contribution in [0.15, 0.2) is 36.9 Å². The van der Waals surface area contributed by atoms with Gasteiger partial charge in [0.25, 0.3) is 0 Å². The lowest BCUT2D eigenvalue weighted by molar-refractivity contribution is -0.135. The summed E-state index contributed by atoms with van der Waals surface area (Å²) in [4.78, 5) is 19.3. The van der Waals surface area contributed by atoms with Gasteiger partial charge in [-0.2, -0.15) is 5.26 Å². The fraction of sp³-hybridized carbons (Fsp3) is 0.688. The van der Waals surface area contributed by atoms with E-state index in [2.05, 4.69) is 83.1 Å². The van der Waals surface area contributed by atoms with Crippen molar-refractivity contribution in [2.24, 2.45) is 5.92 Å². The standard InChI is InChI=1S/C32H46N6O2S/c1-4-29(39)38-17-16-37(20-24(38)12-14-33)30-27-11-13-32(18-23-8-5-6-10-26(23)22(2)41-32)19-28(27)34-31(35-30)40-21-25-9-7-15-36(25)3/h4-6,8,10,22,24-25,27-28,30-31,34-35H,1,7,9,11-13,15-21H2,2-3H3/t22?,24?,25?,27?,28?,30?,31?,32-/m0/s1. The van der Waals surface area contributed by atoms with Gasteiger partial charge in [0.15, 0.2) is 6.35 Å². The molecule has 1 spiro atoms. The van der Waals surface area contributed by atoms with Gasteiger partial charge in [0.05, 0.1) is 31.3 Å². The quantitative estimate of drug-likeness (QED) is 0.497. The Morgan fingerprint density at radius 1 is 1.24 bits per heavy atom. The van der Waals surface area contributed by atoms with Gasteiger partial charge in [0, 0.05) is 47.6 Å². The molecule has 4 aliphatic heterocycles. The van der Waals surface area contributed by atoms with E-state index in [4.69, 9.17) is 4.74 Å². The second-order valence-corrected chi connectivity index (χ2v) is 14.7. The first-order chi connectivity index (χ1) is 19.9. The number of amides is 1. The lowest BCUT2D eigenvalue weighted by atomic mass is 9.72. The number of benzene rings is 1. The summed E-state index contributed by atoms with van der Waals surface area (Å²) < 4.78 is 6.82. The minimum Gasteiger partial charge on any atom is -0.348 e. The van der Waals surface area contributed by atoms with Gasteiger partial charge >= 0.3 is 0 Å². The molecule has 8 nitrogen and oxygen atoms in total. The van der Waals surface area contributed by atoms with Gasteiger partial charge in [-0.25, -0.2) is 0 Å². The molecule has 4 heterocycles. The average molecular weight is 579 g/mol. The van der Waals surface area contributed by atoms with Crippen LogP contribution in [0.25, 0.3) is 0 Å². The number of fused-ring (bicyclic) bond motifs is 2. The number of likely N-dealkylation sites (tertiary alicyclic amines) is 1. The Kier molecular flexibility index (Phi) is 8.79. The van der Waals surface area contributed by atoms with Crippen LogP contribution in [0.1, 0.15) is 61.8 Å². The SMILES string of the molecule is C=CC(=O)N1CCN(C2NC(OCC3CCCN3C)NC3C[C@]4(CCC32)Cc2ccccc2C(C)S4)CC1CC#N. The lowest BCUT2D eigenvalue weighted by Gasteiger charge is -2.56. The van der Waals surface area contributed by atoms with Crippen LogP contribution < -0.4 is 10.6 Å². The Bertz CT molecular complexity index is 1160. The number of piperazine rings is 1. The fourth-order valence-electron chi connectivity index (χ4n) is 8.24. The molecule has 0 bridgehead atoms. The highest BCUT2D eigenvalue weighted by Gasteiger charge is 2.51. The van der Waals surface area contributed by atoms with Crippen molar-refractivity contribution in [1.29, 1.82) is 5.26 Å². The van der Waals surface area contributed by atoms with Crippen molar-refractivity contribution in [3.63, 3.8) is 0 Å². The van der Waals surface area contributed by atoms with Crippen LogP contribution in [0, 0.1) is 17.2 Å². The third-order valence-electron chi connectivity index (χ3n) is 10.4. The van der Waals surface area contributed by atoms with E-state index >= 15 is 0 Å². The van der Waals surface area contributed by atoms with E-state index in [0.29, 0.717) is 49.4 Å². The molecule has 0 radical (unpaired) electrons. The van der Waals surface area contributed by atoms with Crippen LogP contribution in [0.4, 0.5) is 0 Å². The van der Waals surface area contributed by atoms with E-state index in [1.165, 1.54) is 36.5 Å². The molecule has 8 atom stereocenters. The number of carbonyl (C=O) groups excluding carboxylic acids is 1. The first kappa shape index (κ1) is 29.2. The lowest BCUT2D eigenvalue weighted by Crippen LogP contribution is -2.73. The predicted octanol–water partition coefficient (Wildman–Crippen LogP) is 3.47. The molecule has 1 aromatic carbocycles. The molecular formula is C32H46N6O2S. The second kappa shape index (κ2) is 12.4. The van der Waals surface area contributed by atoms with Gasteiger partial charge in [0.2, 0.25) is 5.91 Å². The van der Waals surface area contributed by atoms with Gasteiger partial charge in [-0.3, -0.25) is 20.3 Å². The van der Waals surface area contributed by atoms with Crippen LogP contribution in [0.3, 0.4) is 0 Å². The molecule has 4 fully saturated rings. The molecule has 7 unspecified atom stereocenters. The first-order valence-electron chi connectivity index (χ1n) is 15.5. The first-order valence-corrected chi connectivity index (χ1v) is 16.4. The molecule has 1 aliphatic carbocycles. The number of carbonyl (C=O) groups is 1. The maximum atomic E-state index is 12.6. The third-order valence-corrected chi connectivity index (χ3v) is 12.0. The zero-order chi connectivity index (χ0) is 28.6. The number of nitriles is 1. The highest BCUT2D eigenvalue weighted by atomic mass is 32.2. The van der Waals surface area contributed by atoms with Crippen molar-refractivity contribution >= 4 is 17.7 Å². The van der Waals surface area contributed by atoms with Crippen molar-refractivity contribution < 1.29 is 9.53 Å². The van der Waals surface area contributed by atoms with E-state index in [1.54, 1.807) is 0 Å². The summed E-state index contributed by atoms with van der Waals surface area (Å²) in [5.74, 6) is 0.360. The molecule has 1 aromatic rings. The summed E-state index contributed by atoms with van der Waals surface area (Å²) in [6.07, 6.45) is 8.66. The van der Waals surface area contributed by atoms with Crippen LogP contribution in [-0.2, 0) is 16.0 Å². The highest BCUT2D eigenvalue weighted by molar-refractivity contribution is 8.00. The summed E-state index contributed by atoms with van der Waals surface area (Å²) in [6.45, 7) is 10.0. The average Bonchev–Trinajstić information content (AvgIpc) is 3.39. The number of hydrogen-bond donors (Lipinski definition) is 2. The number of nitrogens with zero attached hydrogens (tertiary/aromatic N) is 4. The van der Waals surface area contributed by atoms with E-state index in [9.17, 15) is 10.1 Å². The van der Waals surface area contributed by atoms with Crippen LogP contribution in [-0.4, -0.2) is 95.8 Å². The number of ether oxygens (including phenoxy) is 1. The van der Waals surface area contributed by atoms with Crippen LogP contribution >= 0.6 is 11.8 Å². The number of nitrogens with one attached hydrogen (secondary N) is 2. The number of likely N-dealkylation sites (N-methyl/N-ethyl adjacent to an activating group) is 1. The van der Waals surface area contributed by atoms with E-state index < -0.39 is 0 Å². The fourth-order valence-corrected chi connectivity index (χ4v) is 10.1. The zero-order valence-corrected chi connectivity index (χ0v) is 25.5. The summed E-state index contributed by atoms with van der Waals surface area (Å²) >= 11 is 2.18. The Morgan fingerprint density at radius 3 is 2.88 bits per heavy atom. The summed E-state index contributed by atoms with van der Waals surface area (Å²) in [7, 11) is 2.20. The van der Waals surface area contributed by atoms with Crippen molar-refractivity contribution in [1.82, 2.24) is 25.3 Å². The molecule has 5 aliphatic rings. The normalized spacial score (nSPS) is 37.8. The van der Waals surface area contributed by atoms with Crippen molar-refractivity contribution in [3.8, 4) is 6.07 Å². The topological polar surface area (TPSA) is 83.9 Å². The smallest absolute Gasteiger partial charge is 0.246 e. The predicted molar refractivity (Wildman–Crippen MR) is 163 cm³/mol. The Labute approximate surface area is 249 Å². The van der Waals surface area contributed by atoms with Crippen molar-refractivity contribution in [3.05, 3.63) is 48.0 Å². The van der Waals surface area contributed by atoms with Crippen molar-refractivity contribution in [2.45, 2.75) is 92.5 Å². The molecule has 6 rings (SSSR count). The Balaban J connectivity index is 1.22. The number of rotatable bonds is 6.